The van der Waals surface area contributed by atoms with Gasteiger partial charge in [-0.2, -0.15) is 0 Å². The third-order valence-corrected chi connectivity index (χ3v) is 3.44. The Morgan fingerprint density at radius 1 is 1.09 bits per heavy atom. The summed E-state index contributed by atoms with van der Waals surface area (Å²) in [5.41, 5.74) is 1.40. The number of carbonyl (C=O) groups is 1. The Labute approximate surface area is 134 Å². The van der Waals surface area contributed by atoms with Gasteiger partial charge in [0.2, 0.25) is 0 Å². The summed E-state index contributed by atoms with van der Waals surface area (Å²) in [6, 6.07) is 13.9. The Kier molecular flexibility index (Phi) is 6.22. The van der Waals surface area contributed by atoms with Crippen LogP contribution in [0.3, 0.4) is 0 Å². The Morgan fingerprint density at radius 3 is 2.59 bits per heavy atom. The summed E-state index contributed by atoms with van der Waals surface area (Å²) >= 11 is 5.65. The normalized spacial score (nSPS) is 10.3. The molecule has 0 aliphatic rings. The largest absolute Gasteiger partial charge is 0.338 e. The van der Waals surface area contributed by atoms with Crippen LogP contribution in [0.15, 0.2) is 48.5 Å². The average molecular weight is 321 g/mol. The standard InChI is InChI=1S/C17H18ClFN2O/c18-14-9-10-16(15(19)12-14)21-17(22)20-11-5-4-8-13-6-2-1-3-7-13/h1-3,6-7,9-10,12H,4-5,8,11H2,(H2,20,21,22). The maximum atomic E-state index is 13.5. The highest BCUT2D eigenvalue weighted by Gasteiger charge is 2.06. The summed E-state index contributed by atoms with van der Waals surface area (Å²) in [7, 11) is 0. The fourth-order valence-electron chi connectivity index (χ4n) is 2.06. The van der Waals surface area contributed by atoms with Gasteiger partial charge in [-0.05, 0) is 43.0 Å². The molecule has 0 atom stereocenters. The number of unbranched alkanes of at least 4 members (excludes halogenated alkanes) is 1. The predicted molar refractivity (Wildman–Crippen MR) is 87.8 cm³/mol. The van der Waals surface area contributed by atoms with E-state index in [1.165, 1.54) is 17.7 Å². The molecule has 2 aromatic rings. The number of nitrogens with one attached hydrogen (secondary N) is 2. The van der Waals surface area contributed by atoms with Crippen molar-refractivity contribution in [1.82, 2.24) is 5.32 Å². The van der Waals surface area contributed by atoms with Crippen LogP contribution in [-0.2, 0) is 6.42 Å². The third kappa shape index (κ3) is 5.37. The molecule has 0 aromatic heterocycles. The van der Waals surface area contributed by atoms with Gasteiger partial charge in [0, 0.05) is 11.6 Å². The lowest BCUT2D eigenvalue weighted by atomic mass is 10.1. The highest BCUT2D eigenvalue weighted by molar-refractivity contribution is 6.30. The van der Waals surface area contributed by atoms with Crippen molar-refractivity contribution >= 4 is 23.3 Å². The molecule has 0 unspecified atom stereocenters. The number of aryl methyl sites for hydroxylation is 1. The fourth-order valence-corrected chi connectivity index (χ4v) is 2.22. The van der Waals surface area contributed by atoms with Gasteiger partial charge in [-0.25, -0.2) is 9.18 Å². The zero-order valence-corrected chi connectivity index (χ0v) is 12.9. The highest BCUT2D eigenvalue weighted by Crippen LogP contribution is 2.18. The topological polar surface area (TPSA) is 41.1 Å². The van der Waals surface area contributed by atoms with E-state index in [0.717, 1.165) is 25.3 Å². The minimum Gasteiger partial charge on any atom is -0.338 e. The number of benzene rings is 2. The van der Waals surface area contributed by atoms with Crippen molar-refractivity contribution in [2.75, 3.05) is 11.9 Å². The molecule has 0 bridgehead atoms. The van der Waals surface area contributed by atoms with Crippen molar-refractivity contribution in [2.45, 2.75) is 19.3 Å². The van der Waals surface area contributed by atoms with E-state index >= 15 is 0 Å². The van der Waals surface area contributed by atoms with Crippen LogP contribution in [-0.4, -0.2) is 12.6 Å². The molecular formula is C17H18ClFN2O. The highest BCUT2D eigenvalue weighted by atomic mass is 35.5. The molecule has 116 valence electrons. The van der Waals surface area contributed by atoms with Crippen molar-refractivity contribution in [3.8, 4) is 0 Å². The Bertz CT molecular complexity index is 619. The van der Waals surface area contributed by atoms with Gasteiger partial charge in [-0.1, -0.05) is 41.9 Å². The average Bonchev–Trinajstić information content (AvgIpc) is 2.51. The van der Waals surface area contributed by atoms with Crippen molar-refractivity contribution in [3.63, 3.8) is 0 Å². The van der Waals surface area contributed by atoms with Gasteiger partial charge in [-0.15, -0.1) is 0 Å². The molecule has 22 heavy (non-hydrogen) atoms. The second kappa shape index (κ2) is 8.39. The van der Waals surface area contributed by atoms with E-state index in [9.17, 15) is 9.18 Å². The van der Waals surface area contributed by atoms with Gasteiger partial charge < -0.3 is 10.6 Å². The fraction of sp³-hybridized carbons (Fsp3) is 0.235. The second-order valence-electron chi connectivity index (χ2n) is 4.95. The molecular weight excluding hydrogens is 303 g/mol. The molecule has 2 amide bonds. The Morgan fingerprint density at radius 2 is 1.86 bits per heavy atom. The Hall–Kier alpha value is -2.07. The van der Waals surface area contributed by atoms with Gasteiger partial charge in [0.05, 0.1) is 5.69 Å². The SMILES string of the molecule is O=C(NCCCCc1ccccc1)Nc1ccc(Cl)cc1F. The first kappa shape index (κ1) is 16.3. The van der Waals surface area contributed by atoms with Crippen LogP contribution >= 0.6 is 11.6 Å². The van der Waals surface area contributed by atoms with E-state index in [4.69, 9.17) is 11.6 Å². The second-order valence-corrected chi connectivity index (χ2v) is 5.38. The summed E-state index contributed by atoms with van der Waals surface area (Å²) in [6.07, 6.45) is 2.83. The van der Waals surface area contributed by atoms with Crippen molar-refractivity contribution in [3.05, 3.63) is 64.9 Å². The maximum absolute atomic E-state index is 13.5. The zero-order chi connectivity index (χ0) is 15.8. The number of amides is 2. The van der Waals surface area contributed by atoms with Crippen molar-refractivity contribution < 1.29 is 9.18 Å². The molecule has 0 spiro atoms. The van der Waals surface area contributed by atoms with E-state index in [1.807, 2.05) is 18.2 Å². The molecule has 0 heterocycles. The van der Waals surface area contributed by atoms with Crippen LogP contribution in [0.1, 0.15) is 18.4 Å². The number of halogens is 2. The lowest BCUT2D eigenvalue weighted by Crippen LogP contribution is -2.29. The molecule has 0 fully saturated rings. The van der Waals surface area contributed by atoms with Gasteiger partial charge in [0.1, 0.15) is 5.82 Å². The zero-order valence-electron chi connectivity index (χ0n) is 12.1. The molecule has 2 aromatic carbocycles. The van der Waals surface area contributed by atoms with E-state index in [2.05, 4.69) is 22.8 Å². The summed E-state index contributed by atoms with van der Waals surface area (Å²) in [5.74, 6) is -0.549. The summed E-state index contributed by atoms with van der Waals surface area (Å²) in [4.78, 5) is 11.7. The molecule has 5 heteroatoms. The molecule has 0 aliphatic carbocycles. The van der Waals surface area contributed by atoms with Gasteiger partial charge in [0.15, 0.2) is 0 Å². The van der Waals surface area contributed by atoms with E-state index in [0.29, 0.717) is 11.6 Å². The maximum Gasteiger partial charge on any atom is 0.319 e. The van der Waals surface area contributed by atoms with Gasteiger partial charge in [0.25, 0.3) is 0 Å². The monoisotopic (exact) mass is 320 g/mol. The molecule has 3 nitrogen and oxygen atoms in total. The molecule has 0 radical (unpaired) electrons. The first-order chi connectivity index (χ1) is 10.6. The Balaban J connectivity index is 1.65. The molecule has 0 saturated heterocycles. The summed E-state index contributed by atoms with van der Waals surface area (Å²) in [5, 5.41) is 5.47. The molecule has 2 N–H and O–H groups in total. The summed E-state index contributed by atoms with van der Waals surface area (Å²) < 4.78 is 13.5. The molecule has 0 aliphatic heterocycles. The number of hydrogen-bond acceptors (Lipinski definition) is 1. The van der Waals surface area contributed by atoms with Crippen LogP contribution in [0.4, 0.5) is 14.9 Å². The lowest BCUT2D eigenvalue weighted by Gasteiger charge is -2.08. The smallest absolute Gasteiger partial charge is 0.319 e. The molecule has 0 saturated carbocycles. The van der Waals surface area contributed by atoms with Gasteiger partial charge in [-0.3, -0.25) is 0 Å². The van der Waals surface area contributed by atoms with Crippen LogP contribution in [0, 0.1) is 5.82 Å². The van der Waals surface area contributed by atoms with Gasteiger partial charge >= 0.3 is 6.03 Å². The van der Waals surface area contributed by atoms with Crippen molar-refractivity contribution in [1.29, 1.82) is 0 Å². The van der Waals surface area contributed by atoms with Crippen LogP contribution in [0.5, 0.6) is 0 Å². The van der Waals surface area contributed by atoms with E-state index in [1.54, 1.807) is 0 Å². The quantitative estimate of drug-likeness (QED) is 0.749. The van der Waals surface area contributed by atoms with Crippen LogP contribution in [0.25, 0.3) is 0 Å². The van der Waals surface area contributed by atoms with E-state index in [-0.39, 0.29) is 5.69 Å². The van der Waals surface area contributed by atoms with Crippen LogP contribution in [0.2, 0.25) is 5.02 Å². The van der Waals surface area contributed by atoms with Crippen LogP contribution < -0.4 is 10.6 Å². The first-order valence-electron chi connectivity index (χ1n) is 7.19. The minimum atomic E-state index is -0.549. The predicted octanol–water partition coefficient (Wildman–Crippen LogP) is 4.62. The summed E-state index contributed by atoms with van der Waals surface area (Å²) in [6.45, 7) is 0.549. The number of anilines is 1. The number of rotatable bonds is 6. The third-order valence-electron chi connectivity index (χ3n) is 3.20. The van der Waals surface area contributed by atoms with Crippen molar-refractivity contribution in [2.24, 2.45) is 0 Å². The number of carbonyl (C=O) groups excluding carboxylic acids is 1. The molecule has 2 rings (SSSR count). The first-order valence-corrected chi connectivity index (χ1v) is 7.57. The number of urea groups is 1. The van der Waals surface area contributed by atoms with E-state index < -0.39 is 11.8 Å². The number of hydrogen-bond donors (Lipinski definition) is 2. The lowest BCUT2D eigenvalue weighted by molar-refractivity contribution is 0.252. The minimum absolute atomic E-state index is 0.117.